The van der Waals surface area contributed by atoms with Crippen LogP contribution < -0.4 is 5.32 Å². The first-order valence-electron chi connectivity index (χ1n) is 6.73. The minimum absolute atomic E-state index is 0.0124. The Balaban J connectivity index is 2.85. The first-order chi connectivity index (χ1) is 7.85. The summed E-state index contributed by atoms with van der Waals surface area (Å²) in [6.07, 6.45) is 7.09. The van der Waals surface area contributed by atoms with Crippen LogP contribution in [-0.2, 0) is 4.74 Å². The van der Waals surface area contributed by atoms with E-state index in [1.165, 1.54) is 18.4 Å². The predicted molar refractivity (Wildman–Crippen MR) is 74.3 cm³/mol. The van der Waals surface area contributed by atoms with Crippen LogP contribution in [0.4, 0.5) is 0 Å². The zero-order chi connectivity index (χ0) is 13.1. The van der Waals surface area contributed by atoms with Gasteiger partial charge in [-0.25, -0.2) is 0 Å². The van der Waals surface area contributed by atoms with E-state index in [1.807, 2.05) is 14.2 Å². The molecule has 0 aromatic carbocycles. The Hall–Kier alpha value is -0.340. The smallest absolute Gasteiger partial charge is 0.0867 e. The molecule has 1 rings (SSSR count). The fraction of sp³-hybridized carbons (Fsp3) is 0.867. The van der Waals surface area contributed by atoms with Crippen LogP contribution in [0.1, 0.15) is 53.4 Å². The Morgan fingerprint density at radius 3 is 2.06 bits per heavy atom. The maximum atomic E-state index is 5.92. The molecule has 1 N–H and O–H groups in total. The number of methoxy groups -OCH3 is 1. The maximum Gasteiger partial charge on any atom is 0.0867 e. The number of ether oxygens (including phenoxy) is 1. The second-order valence-corrected chi connectivity index (χ2v) is 6.44. The quantitative estimate of drug-likeness (QED) is 0.758. The summed E-state index contributed by atoms with van der Waals surface area (Å²) in [6.45, 7) is 9.03. The molecule has 1 atom stereocenters. The first kappa shape index (κ1) is 14.7. The summed E-state index contributed by atoms with van der Waals surface area (Å²) in [5.41, 5.74) is 1.82. The van der Waals surface area contributed by atoms with Gasteiger partial charge in [0.15, 0.2) is 0 Å². The Bertz CT molecular complexity index is 267. The predicted octanol–water partition coefficient (Wildman–Crippen LogP) is 3.53. The lowest BCUT2D eigenvalue weighted by Crippen LogP contribution is -2.53. The number of hydrogen-bond donors (Lipinski definition) is 1. The third kappa shape index (κ3) is 3.56. The van der Waals surface area contributed by atoms with E-state index in [4.69, 9.17) is 4.74 Å². The van der Waals surface area contributed by atoms with E-state index in [9.17, 15) is 0 Å². The molecule has 0 spiro atoms. The molecule has 1 aliphatic carbocycles. The van der Waals surface area contributed by atoms with Gasteiger partial charge in [-0.15, -0.1) is 0 Å². The summed E-state index contributed by atoms with van der Waals surface area (Å²) in [4.78, 5) is 0. The lowest BCUT2D eigenvalue weighted by molar-refractivity contribution is -0.0749. The molecule has 0 bridgehead atoms. The molecule has 17 heavy (non-hydrogen) atoms. The van der Waals surface area contributed by atoms with Gasteiger partial charge in [-0.1, -0.05) is 25.5 Å². The fourth-order valence-corrected chi connectivity index (χ4v) is 2.82. The zero-order valence-corrected chi connectivity index (χ0v) is 12.4. The van der Waals surface area contributed by atoms with Crippen molar-refractivity contribution in [3.8, 4) is 0 Å². The minimum Gasteiger partial charge on any atom is -0.376 e. The molecule has 1 saturated carbocycles. The van der Waals surface area contributed by atoms with Crippen LogP contribution in [0.25, 0.3) is 0 Å². The number of allylic oxidation sites excluding steroid dienone is 1. The van der Waals surface area contributed by atoms with Crippen molar-refractivity contribution >= 4 is 0 Å². The second kappa shape index (κ2) is 5.53. The first-order valence-corrected chi connectivity index (χ1v) is 6.73. The maximum absolute atomic E-state index is 5.92. The van der Waals surface area contributed by atoms with E-state index in [0.717, 1.165) is 12.8 Å². The van der Waals surface area contributed by atoms with E-state index >= 15 is 0 Å². The van der Waals surface area contributed by atoms with Crippen molar-refractivity contribution in [2.75, 3.05) is 14.2 Å². The van der Waals surface area contributed by atoms with E-state index < -0.39 is 0 Å². The summed E-state index contributed by atoms with van der Waals surface area (Å²) >= 11 is 0. The van der Waals surface area contributed by atoms with E-state index in [0.29, 0.717) is 11.5 Å². The van der Waals surface area contributed by atoms with Crippen molar-refractivity contribution in [2.24, 2.45) is 5.41 Å². The summed E-state index contributed by atoms with van der Waals surface area (Å²) in [7, 11) is 3.89. The molecule has 2 heteroatoms. The highest BCUT2D eigenvalue weighted by molar-refractivity contribution is 5.11. The van der Waals surface area contributed by atoms with Crippen LogP contribution in [0.5, 0.6) is 0 Å². The molecular formula is C15H29NO. The van der Waals surface area contributed by atoms with Crippen LogP contribution in [0.2, 0.25) is 0 Å². The van der Waals surface area contributed by atoms with Crippen LogP contribution in [0, 0.1) is 5.41 Å². The molecule has 0 amide bonds. The van der Waals surface area contributed by atoms with E-state index in [1.54, 1.807) is 0 Å². The van der Waals surface area contributed by atoms with Crippen molar-refractivity contribution < 1.29 is 4.74 Å². The summed E-state index contributed by atoms with van der Waals surface area (Å²) in [5, 5.41) is 3.42. The average molecular weight is 239 g/mol. The highest BCUT2D eigenvalue weighted by Crippen LogP contribution is 2.43. The molecule has 0 aromatic rings. The second-order valence-electron chi connectivity index (χ2n) is 6.44. The molecule has 2 nitrogen and oxygen atoms in total. The molecule has 100 valence electrons. The van der Waals surface area contributed by atoms with Gasteiger partial charge in [0.25, 0.3) is 0 Å². The van der Waals surface area contributed by atoms with Crippen molar-refractivity contribution in [1.29, 1.82) is 0 Å². The third-order valence-corrected chi connectivity index (χ3v) is 4.23. The lowest BCUT2D eigenvalue weighted by Gasteiger charge is -2.46. The van der Waals surface area contributed by atoms with Gasteiger partial charge in [0.2, 0.25) is 0 Å². The Morgan fingerprint density at radius 1 is 1.18 bits per heavy atom. The number of nitrogens with one attached hydrogen (secondary N) is 1. The third-order valence-electron chi connectivity index (χ3n) is 4.23. The van der Waals surface area contributed by atoms with Gasteiger partial charge in [0, 0.05) is 7.11 Å². The number of hydrogen-bond acceptors (Lipinski definition) is 2. The van der Waals surface area contributed by atoms with Crippen LogP contribution in [-0.4, -0.2) is 25.8 Å². The Morgan fingerprint density at radius 2 is 1.71 bits per heavy atom. The molecular weight excluding hydrogens is 210 g/mol. The van der Waals surface area contributed by atoms with Gasteiger partial charge in [-0.05, 0) is 52.0 Å². The minimum atomic E-state index is -0.0124. The summed E-state index contributed by atoms with van der Waals surface area (Å²) in [5.74, 6) is 0. The van der Waals surface area contributed by atoms with Gasteiger partial charge in [-0.3, -0.25) is 0 Å². The van der Waals surface area contributed by atoms with Gasteiger partial charge >= 0.3 is 0 Å². The normalized spacial score (nSPS) is 24.1. The Kier molecular flexibility index (Phi) is 4.79. The summed E-state index contributed by atoms with van der Waals surface area (Å²) in [6, 6.07) is 0.327. The van der Waals surface area contributed by atoms with Gasteiger partial charge < -0.3 is 10.1 Å². The number of rotatable bonds is 4. The molecule has 1 unspecified atom stereocenters. The topological polar surface area (TPSA) is 21.3 Å². The largest absolute Gasteiger partial charge is 0.376 e. The SMILES string of the molecule is CNC(C=C(C)C)C1(OC)CCC(C)(C)CC1. The zero-order valence-electron chi connectivity index (χ0n) is 12.4. The molecule has 1 aliphatic rings. The molecule has 0 aliphatic heterocycles. The van der Waals surface area contributed by atoms with Gasteiger partial charge in [0.1, 0.15) is 0 Å². The highest BCUT2D eigenvalue weighted by atomic mass is 16.5. The van der Waals surface area contributed by atoms with Crippen molar-refractivity contribution in [3.05, 3.63) is 11.6 Å². The average Bonchev–Trinajstić information content (AvgIpc) is 2.27. The van der Waals surface area contributed by atoms with Crippen LogP contribution in [0.3, 0.4) is 0 Å². The fourth-order valence-electron chi connectivity index (χ4n) is 2.82. The Labute approximate surface area is 107 Å². The van der Waals surface area contributed by atoms with Crippen molar-refractivity contribution in [1.82, 2.24) is 5.32 Å². The lowest BCUT2D eigenvalue weighted by atomic mass is 9.68. The molecule has 0 aromatic heterocycles. The van der Waals surface area contributed by atoms with Crippen LogP contribution >= 0.6 is 0 Å². The van der Waals surface area contributed by atoms with Crippen molar-refractivity contribution in [3.63, 3.8) is 0 Å². The standard InChI is InChI=1S/C15H29NO/c1-12(2)11-13(16-5)15(17-6)9-7-14(3,4)8-10-15/h11,13,16H,7-10H2,1-6H3. The summed E-state index contributed by atoms with van der Waals surface area (Å²) < 4.78 is 5.92. The molecule has 1 fully saturated rings. The molecule has 0 radical (unpaired) electrons. The van der Waals surface area contributed by atoms with Gasteiger partial charge in [0.05, 0.1) is 11.6 Å². The van der Waals surface area contributed by atoms with Crippen LogP contribution in [0.15, 0.2) is 11.6 Å². The van der Waals surface area contributed by atoms with E-state index in [2.05, 4.69) is 39.1 Å². The monoisotopic (exact) mass is 239 g/mol. The molecule has 0 heterocycles. The van der Waals surface area contributed by atoms with Crippen molar-refractivity contribution in [2.45, 2.75) is 65.0 Å². The van der Waals surface area contributed by atoms with E-state index in [-0.39, 0.29) is 5.60 Å². The van der Waals surface area contributed by atoms with Gasteiger partial charge in [-0.2, -0.15) is 0 Å². The molecule has 0 saturated heterocycles. The number of likely N-dealkylation sites (N-methyl/N-ethyl adjacent to an activating group) is 1. The highest BCUT2D eigenvalue weighted by Gasteiger charge is 2.42.